The summed E-state index contributed by atoms with van der Waals surface area (Å²) in [5.74, 6) is 0.654. The molecule has 0 heterocycles. The number of nitro groups is 1. The zero-order valence-corrected chi connectivity index (χ0v) is 14.0. The third-order valence-corrected chi connectivity index (χ3v) is 4.59. The molecule has 0 fully saturated rings. The molecule has 0 aliphatic rings. The third-order valence-electron chi connectivity index (χ3n) is 3.21. The van der Waals surface area contributed by atoms with E-state index in [-0.39, 0.29) is 10.6 Å². The molecule has 0 amide bonds. The highest BCUT2D eigenvalue weighted by Crippen LogP contribution is 2.22. The Labute approximate surface area is 140 Å². The van der Waals surface area contributed by atoms with E-state index in [0.29, 0.717) is 18.0 Å². The van der Waals surface area contributed by atoms with Crippen LogP contribution in [0, 0.1) is 10.1 Å². The minimum atomic E-state index is -3.90. The zero-order valence-electron chi connectivity index (χ0n) is 13.1. The van der Waals surface area contributed by atoms with Gasteiger partial charge in [0.25, 0.3) is 15.7 Å². The van der Waals surface area contributed by atoms with E-state index < -0.39 is 14.9 Å². The number of anilines is 1. The van der Waals surface area contributed by atoms with Crippen LogP contribution in [0.5, 0.6) is 5.75 Å². The van der Waals surface area contributed by atoms with Crippen LogP contribution in [0.1, 0.15) is 19.8 Å². The normalized spacial score (nSPS) is 11.0. The Morgan fingerprint density at radius 1 is 1.17 bits per heavy atom. The fourth-order valence-electron chi connectivity index (χ4n) is 1.93. The molecule has 0 spiro atoms. The van der Waals surface area contributed by atoms with Crippen molar-refractivity contribution in [2.45, 2.75) is 24.7 Å². The Morgan fingerprint density at radius 3 is 2.50 bits per heavy atom. The summed E-state index contributed by atoms with van der Waals surface area (Å²) < 4.78 is 32.5. The van der Waals surface area contributed by atoms with Crippen LogP contribution in [-0.2, 0) is 10.0 Å². The molecule has 2 aromatic rings. The molecule has 0 saturated heterocycles. The van der Waals surface area contributed by atoms with Crippen molar-refractivity contribution in [3.8, 4) is 5.75 Å². The number of unbranched alkanes of at least 4 members (excludes halogenated alkanes) is 1. The van der Waals surface area contributed by atoms with Crippen molar-refractivity contribution in [1.82, 2.24) is 0 Å². The lowest BCUT2D eigenvalue weighted by molar-refractivity contribution is -0.385. The van der Waals surface area contributed by atoms with Crippen molar-refractivity contribution < 1.29 is 18.1 Å². The first-order valence-electron chi connectivity index (χ1n) is 7.42. The number of non-ortho nitro benzene ring substituents is 1. The molecule has 0 saturated carbocycles. The Balaban J connectivity index is 2.11. The largest absolute Gasteiger partial charge is 0.494 e. The quantitative estimate of drug-likeness (QED) is 0.446. The summed E-state index contributed by atoms with van der Waals surface area (Å²) in [5, 5.41) is 10.8. The number of hydrogen-bond acceptors (Lipinski definition) is 5. The summed E-state index contributed by atoms with van der Waals surface area (Å²) in [5.41, 5.74) is 0.0712. The molecule has 0 atom stereocenters. The summed E-state index contributed by atoms with van der Waals surface area (Å²) in [4.78, 5) is 9.96. The predicted molar refractivity (Wildman–Crippen MR) is 90.7 cm³/mol. The number of nitro benzene ring substituents is 1. The van der Waals surface area contributed by atoms with Gasteiger partial charge in [-0.25, -0.2) is 8.42 Å². The van der Waals surface area contributed by atoms with E-state index in [4.69, 9.17) is 4.74 Å². The number of ether oxygens (including phenoxy) is 1. The van der Waals surface area contributed by atoms with E-state index >= 15 is 0 Å². The molecule has 8 heteroatoms. The van der Waals surface area contributed by atoms with Gasteiger partial charge in [-0.1, -0.05) is 19.4 Å². The molecule has 0 unspecified atom stereocenters. The summed E-state index contributed by atoms with van der Waals surface area (Å²) in [6.45, 7) is 2.67. The minimum Gasteiger partial charge on any atom is -0.494 e. The fourth-order valence-corrected chi connectivity index (χ4v) is 3.03. The van der Waals surface area contributed by atoms with Crippen molar-refractivity contribution in [1.29, 1.82) is 0 Å². The number of rotatable bonds is 8. The predicted octanol–water partition coefficient (Wildman–Crippen LogP) is 3.57. The molecule has 0 aromatic heterocycles. The van der Waals surface area contributed by atoms with E-state index in [1.165, 1.54) is 18.2 Å². The Kier molecular flexibility index (Phi) is 5.75. The Morgan fingerprint density at radius 2 is 1.88 bits per heavy atom. The van der Waals surface area contributed by atoms with Gasteiger partial charge in [0.2, 0.25) is 0 Å². The zero-order chi connectivity index (χ0) is 17.6. The van der Waals surface area contributed by atoms with Crippen LogP contribution in [0.2, 0.25) is 0 Å². The standard InChI is InChI=1S/C16H18N2O5S/c1-2-3-11-23-15-9-7-13(8-10-15)17-24(21,22)16-6-4-5-14(12-16)18(19)20/h4-10,12,17H,2-3,11H2,1H3. The fraction of sp³-hybridized carbons (Fsp3) is 0.250. The van der Waals surface area contributed by atoms with Gasteiger partial charge in [-0.15, -0.1) is 0 Å². The first kappa shape index (κ1) is 17.7. The maximum atomic E-state index is 12.3. The molecular weight excluding hydrogens is 332 g/mol. The first-order valence-corrected chi connectivity index (χ1v) is 8.91. The molecule has 0 bridgehead atoms. The molecule has 0 radical (unpaired) electrons. The van der Waals surface area contributed by atoms with E-state index in [2.05, 4.69) is 11.6 Å². The number of benzene rings is 2. The smallest absolute Gasteiger partial charge is 0.270 e. The van der Waals surface area contributed by atoms with Gasteiger partial charge in [0.05, 0.1) is 16.4 Å². The van der Waals surface area contributed by atoms with Crippen molar-refractivity contribution >= 4 is 21.4 Å². The SMILES string of the molecule is CCCCOc1ccc(NS(=O)(=O)c2cccc([N+](=O)[O-])c2)cc1. The highest BCUT2D eigenvalue weighted by molar-refractivity contribution is 7.92. The highest BCUT2D eigenvalue weighted by atomic mass is 32.2. The summed E-state index contributed by atoms with van der Waals surface area (Å²) in [6.07, 6.45) is 1.97. The number of hydrogen-bond donors (Lipinski definition) is 1. The van der Waals surface area contributed by atoms with Crippen LogP contribution in [0.3, 0.4) is 0 Å². The molecule has 0 aliphatic heterocycles. The molecule has 24 heavy (non-hydrogen) atoms. The average Bonchev–Trinajstić information content (AvgIpc) is 2.56. The van der Waals surface area contributed by atoms with Crippen LogP contribution in [0.15, 0.2) is 53.4 Å². The molecule has 2 aromatic carbocycles. The second-order valence-corrected chi connectivity index (χ2v) is 6.77. The van der Waals surface area contributed by atoms with E-state index in [0.717, 1.165) is 18.9 Å². The summed E-state index contributed by atoms with van der Waals surface area (Å²) in [7, 11) is -3.90. The first-order chi connectivity index (χ1) is 11.4. The van der Waals surface area contributed by atoms with Gasteiger partial charge in [0.1, 0.15) is 5.75 Å². The number of nitrogens with one attached hydrogen (secondary N) is 1. The van der Waals surface area contributed by atoms with Crippen molar-refractivity contribution in [3.63, 3.8) is 0 Å². The average molecular weight is 350 g/mol. The lowest BCUT2D eigenvalue weighted by Crippen LogP contribution is -2.13. The molecule has 128 valence electrons. The third kappa shape index (κ3) is 4.69. The van der Waals surface area contributed by atoms with Gasteiger partial charge in [-0.05, 0) is 36.8 Å². The van der Waals surface area contributed by atoms with Gasteiger partial charge in [0, 0.05) is 17.8 Å². The van der Waals surface area contributed by atoms with E-state index in [1.54, 1.807) is 24.3 Å². The maximum Gasteiger partial charge on any atom is 0.270 e. The topological polar surface area (TPSA) is 98.5 Å². The van der Waals surface area contributed by atoms with Gasteiger partial charge < -0.3 is 4.74 Å². The Bertz CT molecular complexity index is 803. The molecule has 0 aliphatic carbocycles. The highest BCUT2D eigenvalue weighted by Gasteiger charge is 2.17. The van der Waals surface area contributed by atoms with Crippen molar-refractivity contribution in [3.05, 3.63) is 58.6 Å². The van der Waals surface area contributed by atoms with Crippen molar-refractivity contribution in [2.75, 3.05) is 11.3 Å². The van der Waals surface area contributed by atoms with Crippen LogP contribution in [0.25, 0.3) is 0 Å². The summed E-state index contributed by atoms with van der Waals surface area (Å²) in [6, 6.07) is 11.4. The molecule has 1 N–H and O–H groups in total. The van der Waals surface area contributed by atoms with Gasteiger partial charge >= 0.3 is 0 Å². The molecule has 7 nitrogen and oxygen atoms in total. The summed E-state index contributed by atoms with van der Waals surface area (Å²) >= 11 is 0. The molecular formula is C16H18N2O5S. The minimum absolute atomic E-state index is 0.167. The van der Waals surface area contributed by atoms with Gasteiger partial charge in [-0.3, -0.25) is 14.8 Å². The van der Waals surface area contributed by atoms with Crippen LogP contribution in [-0.4, -0.2) is 19.9 Å². The van der Waals surface area contributed by atoms with Crippen LogP contribution in [0.4, 0.5) is 11.4 Å². The Hall–Kier alpha value is -2.61. The second-order valence-electron chi connectivity index (χ2n) is 5.09. The number of sulfonamides is 1. The lowest BCUT2D eigenvalue weighted by Gasteiger charge is -2.09. The van der Waals surface area contributed by atoms with Crippen molar-refractivity contribution in [2.24, 2.45) is 0 Å². The maximum absolute atomic E-state index is 12.3. The lowest BCUT2D eigenvalue weighted by atomic mass is 10.3. The van der Waals surface area contributed by atoms with E-state index in [9.17, 15) is 18.5 Å². The van der Waals surface area contributed by atoms with Gasteiger partial charge in [0.15, 0.2) is 0 Å². The van der Waals surface area contributed by atoms with Crippen LogP contribution >= 0.6 is 0 Å². The second kappa shape index (κ2) is 7.78. The van der Waals surface area contributed by atoms with Crippen LogP contribution < -0.4 is 9.46 Å². The molecule has 2 rings (SSSR count). The number of nitrogens with zero attached hydrogens (tertiary/aromatic N) is 1. The van der Waals surface area contributed by atoms with Gasteiger partial charge in [-0.2, -0.15) is 0 Å². The monoisotopic (exact) mass is 350 g/mol. The van der Waals surface area contributed by atoms with E-state index in [1.807, 2.05) is 0 Å².